The first-order valence-corrected chi connectivity index (χ1v) is 6.59. The second-order valence-electron chi connectivity index (χ2n) is 5.73. The van der Waals surface area contributed by atoms with Crippen molar-refractivity contribution in [2.45, 2.75) is 45.1 Å². The number of ether oxygens (including phenoxy) is 1. The molecular weight excluding hydrogens is 240 g/mol. The smallest absolute Gasteiger partial charge is 0.306 e. The Balaban J connectivity index is 2.76. The fourth-order valence-corrected chi connectivity index (χ4v) is 1.99. The highest BCUT2D eigenvalue weighted by Crippen LogP contribution is 2.26. The fourth-order valence-electron chi connectivity index (χ4n) is 1.99. The van der Waals surface area contributed by atoms with Gasteiger partial charge in [-0.3, -0.25) is 4.79 Å². The summed E-state index contributed by atoms with van der Waals surface area (Å²) >= 11 is 0. The average Bonchev–Trinajstić information content (AvgIpc) is 2.26. The zero-order valence-electron chi connectivity index (χ0n) is 12.0. The number of carbonyl (C=O) groups is 1. The van der Waals surface area contributed by atoms with Crippen molar-refractivity contribution in [2.75, 3.05) is 12.3 Å². The monoisotopic (exact) mass is 264 g/mol. The molecule has 0 fully saturated rings. The van der Waals surface area contributed by atoms with Crippen LogP contribution in [0.4, 0.5) is 5.69 Å². The zero-order chi connectivity index (χ0) is 14.5. The molecule has 0 aliphatic rings. The van der Waals surface area contributed by atoms with Crippen molar-refractivity contribution in [2.24, 2.45) is 5.73 Å². The number of rotatable bonds is 5. The summed E-state index contributed by atoms with van der Waals surface area (Å²) in [6, 6.07) is 7.59. The standard InChI is InChI=1S/C15H24N2O2/c1-15(2,3)19-14(18)10-12(7-8-16)11-5-4-6-13(17)9-11/h4-6,9,12H,7-8,10,16-17H2,1-3H3. The number of anilines is 1. The number of esters is 1. The first-order valence-electron chi connectivity index (χ1n) is 6.59. The quantitative estimate of drug-likeness (QED) is 0.632. The molecule has 0 saturated carbocycles. The van der Waals surface area contributed by atoms with E-state index in [0.29, 0.717) is 18.7 Å². The van der Waals surface area contributed by atoms with Gasteiger partial charge in [0.2, 0.25) is 0 Å². The Morgan fingerprint density at radius 2 is 2.05 bits per heavy atom. The zero-order valence-corrected chi connectivity index (χ0v) is 12.0. The minimum atomic E-state index is -0.458. The lowest BCUT2D eigenvalue weighted by Crippen LogP contribution is -2.25. The van der Waals surface area contributed by atoms with Crippen molar-refractivity contribution < 1.29 is 9.53 Å². The Kier molecular flexibility index (Phi) is 5.36. The molecule has 0 aliphatic heterocycles. The summed E-state index contributed by atoms with van der Waals surface area (Å²) in [7, 11) is 0. The molecule has 0 spiro atoms. The van der Waals surface area contributed by atoms with Crippen LogP contribution in [0.5, 0.6) is 0 Å². The predicted octanol–water partition coefficient (Wildman–Crippen LogP) is 2.43. The normalized spacial score (nSPS) is 13.1. The Labute approximate surface area is 115 Å². The van der Waals surface area contributed by atoms with Gasteiger partial charge >= 0.3 is 5.97 Å². The number of benzene rings is 1. The second-order valence-corrected chi connectivity index (χ2v) is 5.73. The van der Waals surface area contributed by atoms with Crippen LogP contribution in [0.1, 0.15) is 45.1 Å². The molecule has 0 aromatic heterocycles. The lowest BCUT2D eigenvalue weighted by molar-refractivity contribution is -0.155. The van der Waals surface area contributed by atoms with E-state index in [1.807, 2.05) is 45.0 Å². The molecule has 0 saturated heterocycles. The third kappa shape index (κ3) is 5.75. The van der Waals surface area contributed by atoms with Crippen LogP contribution in [0, 0.1) is 0 Å². The van der Waals surface area contributed by atoms with Crippen LogP contribution in [-0.2, 0) is 9.53 Å². The maximum atomic E-state index is 11.9. The van der Waals surface area contributed by atoms with E-state index in [-0.39, 0.29) is 11.9 Å². The number of carbonyl (C=O) groups excluding carboxylic acids is 1. The molecule has 106 valence electrons. The molecular formula is C15H24N2O2. The van der Waals surface area contributed by atoms with Gasteiger partial charge in [-0.1, -0.05) is 12.1 Å². The highest BCUT2D eigenvalue weighted by atomic mass is 16.6. The van der Waals surface area contributed by atoms with Crippen LogP contribution < -0.4 is 11.5 Å². The first kappa shape index (κ1) is 15.5. The summed E-state index contributed by atoms with van der Waals surface area (Å²) in [4.78, 5) is 11.9. The van der Waals surface area contributed by atoms with Gasteiger partial charge < -0.3 is 16.2 Å². The topological polar surface area (TPSA) is 78.3 Å². The van der Waals surface area contributed by atoms with Crippen molar-refractivity contribution in [3.63, 3.8) is 0 Å². The van der Waals surface area contributed by atoms with E-state index < -0.39 is 5.60 Å². The Morgan fingerprint density at radius 1 is 1.37 bits per heavy atom. The maximum Gasteiger partial charge on any atom is 0.306 e. The third-order valence-corrected chi connectivity index (χ3v) is 2.73. The molecule has 1 aromatic carbocycles. The van der Waals surface area contributed by atoms with Gasteiger partial charge in [0.15, 0.2) is 0 Å². The van der Waals surface area contributed by atoms with E-state index in [9.17, 15) is 4.79 Å². The lowest BCUT2D eigenvalue weighted by Gasteiger charge is -2.22. The molecule has 19 heavy (non-hydrogen) atoms. The van der Waals surface area contributed by atoms with Gasteiger partial charge in [-0.15, -0.1) is 0 Å². The van der Waals surface area contributed by atoms with E-state index in [1.165, 1.54) is 0 Å². The summed E-state index contributed by atoms with van der Waals surface area (Å²) in [5.74, 6) is -0.142. The van der Waals surface area contributed by atoms with E-state index in [0.717, 1.165) is 12.0 Å². The molecule has 0 aliphatic carbocycles. The molecule has 0 bridgehead atoms. The van der Waals surface area contributed by atoms with Gasteiger partial charge in [0.05, 0.1) is 6.42 Å². The van der Waals surface area contributed by atoms with Gasteiger partial charge in [-0.05, 0) is 57.4 Å². The van der Waals surface area contributed by atoms with E-state index in [1.54, 1.807) is 0 Å². The highest BCUT2D eigenvalue weighted by Gasteiger charge is 2.21. The molecule has 1 unspecified atom stereocenters. The number of hydrogen-bond donors (Lipinski definition) is 2. The van der Waals surface area contributed by atoms with Crippen molar-refractivity contribution >= 4 is 11.7 Å². The van der Waals surface area contributed by atoms with E-state index >= 15 is 0 Å². The maximum absolute atomic E-state index is 11.9. The predicted molar refractivity (Wildman–Crippen MR) is 77.7 cm³/mol. The molecule has 4 heteroatoms. The summed E-state index contributed by atoms with van der Waals surface area (Å²) < 4.78 is 5.36. The van der Waals surface area contributed by atoms with Crippen molar-refractivity contribution in [3.05, 3.63) is 29.8 Å². The Morgan fingerprint density at radius 3 is 2.58 bits per heavy atom. The summed E-state index contributed by atoms with van der Waals surface area (Å²) in [6.07, 6.45) is 1.07. The van der Waals surface area contributed by atoms with Crippen LogP contribution in [0.2, 0.25) is 0 Å². The van der Waals surface area contributed by atoms with Gasteiger partial charge in [-0.2, -0.15) is 0 Å². The van der Waals surface area contributed by atoms with Crippen LogP contribution >= 0.6 is 0 Å². The largest absolute Gasteiger partial charge is 0.460 e. The van der Waals surface area contributed by atoms with Crippen molar-refractivity contribution in [3.8, 4) is 0 Å². The minimum Gasteiger partial charge on any atom is -0.460 e. The second kappa shape index (κ2) is 6.57. The molecule has 0 radical (unpaired) electrons. The van der Waals surface area contributed by atoms with Crippen molar-refractivity contribution in [1.29, 1.82) is 0 Å². The summed E-state index contributed by atoms with van der Waals surface area (Å²) in [5.41, 5.74) is 12.7. The van der Waals surface area contributed by atoms with Crippen LogP contribution in [0.25, 0.3) is 0 Å². The minimum absolute atomic E-state index is 0.0587. The third-order valence-electron chi connectivity index (χ3n) is 2.73. The summed E-state index contributed by atoms with van der Waals surface area (Å²) in [6.45, 7) is 6.12. The SMILES string of the molecule is CC(C)(C)OC(=O)CC(CCN)c1cccc(N)c1. The van der Waals surface area contributed by atoms with Gasteiger partial charge in [0.25, 0.3) is 0 Å². The molecule has 1 atom stereocenters. The summed E-state index contributed by atoms with van der Waals surface area (Å²) in [5, 5.41) is 0. The van der Waals surface area contributed by atoms with E-state index in [2.05, 4.69) is 0 Å². The number of hydrogen-bond acceptors (Lipinski definition) is 4. The molecule has 1 rings (SSSR count). The Hall–Kier alpha value is -1.55. The molecule has 4 N–H and O–H groups in total. The van der Waals surface area contributed by atoms with E-state index in [4.69, 9.17) is 16.2 Å². The molecule has 0 amide bonds. The van der Waals surface area contributed by atoms with Crippen LogP contribution in [-0.4, -0.2) is 18.1 Å². The first-order chi connectivity index (χ1) is 8.81. The van der Waals surface area contributed by atoms with Crippen molar-refractivity contribution in [1.82, 2.24) is 0 Å². The van der Waals surface area contributed by atoms with Crippen LogP contribution in [0.3, 0.4) is 0 Å². The average molecular weight is 264 g/mol. The Bertz CT molecular complexity index is 424. The molecule has 4 nitrogen and oxygen atoms in total. The fraction of sp³-hybridized carbons (Fsp3) is 0.533. The molecule has 0 heterocycles. The van der Waals surface area contributed by atoms with Gasteiger partial charge in [-0.25, -0.2) is 0 Å². The number of nitrogen functional groups attached to an aromatic ring is 1. The lowest BCUT2D eigenvalue weighted by atomic mass is 9.92. The van der Waals surface area contributed by atoms with Gasteiger partial charge in [0, 0.05) is 5.69 Å². The molecule has 1 aromatic rings. The highest BCUT2D eigenvalue weighted by molar-refractivity contribution is 5.71. The van der Waals surface area contributed by atoms with Gasteiger partial charge in [0.1, 0.15) is 5.60 Å². The number of nitrogens with two attached hydrogens (primary N) is 2. The van der Waals surface area contributed by atoms with Crippen LogP contribution in [0.15, 0.2) is 24.3 Å².